The lowest BCUT2D eigenvalue weighted by Gasteiger charge is -2.24. The fourth-order valence-corrected chi connectivity index (χ4v) is 4.75. The number of nitrogens with one attached hydrogen (secondary N) is 1. The van der Waals surface area contributed by atoms with Gasteiger partial charge in [-0.2, -0.15) is 0 Å². The Labute approximate surface area is 173 Å². The topological polar surface area (TPSA) is 92.4 Å². The van der Waals surface area contributed by atoms with E-state index in [9.17, 15) is 10.2 Å². The highest BCUT2D eigenvalue weighted by Crippen LogP contribution is 2.38. The summed E-state index contributed by atoms with van der Waals surface area (Å²) < 4.78 is 8.13. The van der Waals surface area contributed by atoms with Gasteiger partial charge in [0.15, 0.2) is 0 Å². The monoisotopic (exact) mass is 414 g/mol. The molecule has 8 heteroatoms. The lowest BCUT2D eigenvalue weighted by atomic mass is 10.00. The van der Waals surface area contributed by atoms with Gasteiger partial charge in [-0.3, -0.25) is 0 Å². The summed E-state index contributed by atoms with van der Waals surface area (Å²) in [5, 5.41) is 26.4. The average molecular weight is 415 g/mol. The molecule has 1 fully saturated rings. The minimum Gasteiger partial charge on any atom is -0.487 e. The molecule has 3 heterocycles. The van der Waals surface area contributed by atoms with Gasteiger partial charge in [-0.25, -0.2) is 9.97 Å². The first-order valence-corrected chi connectivity index (χ1v) is 10.2. The lowest BCUT2D eigenvalue weighted by Crippen LogP contribution is -2.34. The molecule has 0 spiro atoms. The van der Waals surface area contributed by atoms with Crippen LogP contribution >= 0.6 is 11.6 Å². The molecule has 0 bridgehead atoms. The Kier molecular flexibility index (Phi) is 4.70. The Hall–Kier alpha value is -2.19. The third-order valence-corrected chi connectivity index (χ3v) is 6.30. The van der Waals surface area contributed by atoms with Gasteiger partial charge in [-0.1, -0.05) is 11.6 Å². The molecule has 1 saturated carbocycles. The van der Waals surface area contributed by atoms with Crippen LogP contribution < -0.4 is 10.1 Å². The highest BCUT2D eigenvalue weighted by Gasteiger charge is 2.44. The summed E-state index contributed by atoms with van der Waals surface area (Å²) >= 11 is 6.29. The highest BCUT2D eigenvalue weighted by atomic mass is 35.5. The van der Waals surface area contributed by atoms with Gasteiger partial charge < -0.3 is 24.8 Å². The van der Waals surface area contributed by atoms with E-state index in [1.807, 2.05) is 29.8 Å². The molecule has 2 aliphatic rings. The molecule has 0 saturated heterocycles. The molecule has 1 unspecified atom stereocenters. The summed E-state index contributed by atoms with van der Waals surface area (Å²) in [6, 6.07) is 5.37. The van der Waals surface area contributed by atoms with Crippen LogP contribution in [0.2, 0.25) is 5.02 Å². The third-order valence-electron chi connectivity index (χ3n) is 6.08. The molecule has 0 amide bonds. The van der Waals surface area contributed by atoms with Crippen molar-refractivity contribution in [2.45, 2.75) is 50.7 Å². The maximum absolute atomic E-state index is 10.8. The second-order valence-corrected chi connectivity index (χ2v) is 8.26. The van der Waals surface area contributed by atoms with Crippen molar-refractivity contribution >= 4 is 22.6 Å². The minimum atomic E-state index is -1.01. The van der Waals surface area contributed by atoms with Crippen LogP contribution in [0.25, 0.3) is 11.0 Å². The predicted molar refractivity (Wildman–Crippen MR) is 109 cm³/mol. The Bertz CT molecular complexity index is 1070. The van der Waals surface area contributed by atoms with E-state index in [2.05, 4.69) is 15.3 Å². The van der Waals surface area contributed by atoms with Crippen molar-refractivity contribution in [3.05, 3.63) is 52.6 Å². The van der Waals surface area contributed by atoms with Crippen LogP contribution in [0.4, 0.5) is 0 Å². The molecule has 3 N–H and O–H groups in total. The summed E-state index contributed by atoms with van der Waals surface area (Å²) in [7, 11) is 0. The van der Waals surface area contributed by atoms with Crippen LogP contribution in [0.15, 0.2) is 30.7 Å². The Morgan fingerprint density at radius 3 is 2.97 bits per heavy atom. The number of aliphatic hydroxyl groups is 2. The summed E-state index contributed by atoms with van der Waals surface area (Å²) in [5.41, 5.74) is 3.87. The molecule has 1 aromatic carbocycles. The van der Waals surface area contributed by atoms with Gasteiger partial charge in [0.1, 0.15) is 36.0 Å². The van der Waals surface area contributed by atoms with E-state index >= 15 is 0 Å². The van der Waals surface area contributed by atoms with Gasteiger partial charge in [0.25, 0.3) is 0 Å². The van der Waals surface area contributed by atoms with Gasteiger partial charge in [0, 0.05) is 35.1 Å². The zero-order chi connectivity index (χ0) is 20.1. The van der Waals surface area contributed by atoms with E-state index in [0.29, 0.717) is 23.7 Å². The zero-order valence-electron chi connectivity index (χ0n) is 16.0. The second-order valence-electron chi connectivity index (χ2n) is 7.83. The Morgan fingerprint density at radius 1 is 1.24 bits per heavy atom. The number of halogens is 1. The molecule has 0 radical (unpaired) electrons. The van der Waals surface area contributed by atoms with Crippen molar-refractivity contribution in [1.82, 2.24) is 19.9 Å². The average Bonchev–Trinajstić information content (AvgIpc) is 3.25. The van der Waals surface area contributed by atoms with E-state index in [4.69, 9.17) is 16.3 Å². The number of aromatic nitrogens is 3. The normalized spacial score (nSPS) is 26.6. The van der Waals surface area contributed by atoms with E-state index in [-0.39, 0.29) is 6.04 Å². The van der Waals surface area contributed by atoms with Crippen LogP contribution in [-0.4, -0.2) is 49.6 Å². The lowest BCUT2D eigenvalue weighted by molar-refractivity contribution is -0.0166. The Morgan fingerprint density at radius 2 is 2.10 bits per heavy atom. The number of nitrogens with zero attached hydrogens (tertiary/aromatic N) is 3. The standard InChI is InChI=1S/C21H23ClN4O3/c1-11-14-3-5-26(21(14)25-10-24-11)16-8-18(20(28)19(16)27)29-17-7-13(22)6-12-2-4-23-9-15(12)17/h3,5-7,10,16,18-20,23,27-28H,2,4,8-9H2,1H3/t16-,18?,19+,20-/m1/s1. The van der Waals surface area contributed by atoms with Crippen LogP contribution in [-0.2, 0) is 13.0 Å². The summed E-state index contributed by atoms with van der Waals surface area (Å²) in [6.07, 6.45) is 2.25. The van der Waals surface area contributed by atoms with E-state index in [0.717, 1.165) is 35.3 Å². The minimum absolute atomic E-state index is 0.338. The van der Waals surface area contributed by atoms with Crippen molar-refractivity contribution in [2.75, 3.05) is 6.54 Å². The first kappa shape index (κ1) is 18.8. The molecule has 1 aliphatic carbocycles. The summed E-state index contributed by atoms with van der Waals surface area (Å²) in [6.45, 7) is 3.53. The molecule has 152 valence electrons. The first-order chi connectivity index (χ1) is 14.0. The Balaban J connectivity index is 1.45. The van der Waals surface area contributed by atoms with E-state index < -0.39 is 18.3 Å². The number of ether oxygens (including phenoxy) is 1. The van der Waals surface area contributed by atoms with Crippen molar-refractivity contribution in [3.63, 3.8) is 0 Å². The van der Waals surface area contributed by atoms with Gasteiger partial charge in [-0.15, -0.1) is 0 Å². The quantitative estimate of drug-likeness (QED) is 0.608. The molecule has 29 heavy (non-hydrogen) atoms. The van der Waals surface area contributed by atoms with Crippen molar-refractivity contribution in [3.8, 4) is 5.75 Å². The van der Waals surface area contributed by atoms with Crippen LogP contribution in [0.3, 0.4) is 0 Å². The van der Waals surface area contributed by atoms with Gasteiger partial charge >= 0.3 is 0 Å². The van der Waals surface area contributed by atoms with Crippen molar-refractivity contribution in [1.29, 1.82) is 0 Å². The van der Waals surface area contributed by atoms with Crippen LogP contribution in [0, 0.1) is 6.92 Å². The first-order valence-electron chi connectivity index (χ1n) is 9.86. The molecular formula is C21H23ClN4O3. The summed E-state index contributed by atoms with van der Waals surface area (Å²) in [4.78, 5) is 8.60. The summed E-state index contributed by atoms with van der Waals surface area (Å²) in [5.74, 6) is 0.673. The smallest absolute Gasteiger partial charge is 0.143 e. The maximum Gasteiger partial charge on any atom is 0.143 e. The molecule has 2 aromatic heterocycles. The number of rotatable bonds is 3. The zero-order valence-corrected chi connectivity index (χ0v) is 16.8. The number of fused-ring (bicyclic) bond motifs is 2. The maximum atomic E-state index is 10.8. The van der Waals surface area contributed by atoms with Crippen LogP contribution in [0.1, 0.15) is 29.3 Å². The van der Waals surface area contributed by atoms with Crippen molar-refractivity contribution < 1.29 is 14.9 Å². The molecule has 5 rings (SSSR count). The number of hydrogen-bond acceptors (Lipinski definition) is 6. The number of aryl methyl sites for hydroxylation is 1. The van der Waals surface area contributed by atoms with E-state index in [1.54, 1.807) is 6.07 Å². The van der Waals surface area contributed by atoms with Crippen molar-refractivity contribution in [2.24, 2.45) is 0 Å². The third kappa shape index (κ3) is 3.18. The number of aliphatic hydroxyl groups excluding tert-OH is 2. The van der Waals surface area contributed by atoms with Crippen LogP contribution in [0.5, 0.6) is 5.75 Å². The van der Waals surface area contributed by atoms with E-state index in [1.165, 1.54) is 11.9 Å². The molecule has 1 aliphatic heterocycles. The fourth-order valence-electron chi connectivity index (χ4n) is 4.52. The van der Waals surface area contributed by atoms with Gasteiger partial charge in [-0.05, 0) is 43.7 Å². The molecule has 3 aromatic rings. The second kappa shape index (κ2) is 7.25. The molecular weight excluding hydrogens is 392 g/mol. The molecule has 7 nitrogen and oxygen atoms in total. The SMILES string of the molecule is Cc1ncnc2c1ccn2[C@@H]1CC(Oc2cc(Cl)cc3c2CNCC3)[C@@H](O)[C@H]1O. The highest BCUT2D eigenvalue weighted by molar-refractivity contribution is 6.30. The van der Waals surface area contributed by atoms with Gasteiger partial charge in [0.2, 0.25) is 0 Å². The molecule has 4 atom stereocenters. The number of hydrogen-bond donors (Lipinski definition) is 3. The van der Waals surface area contributed by atoms with Gasteiger partial charge in [0.05, 0.1) is 11.7 Å². The predicted octanol–water partition coefficient (Wildman–Crippen LogP) is 2.15. The number of benzene rings is 1. The largest absolute Gasteiger partial charge is 0.487 e. The fraction of sp³-hybridized carbons (Fsp3) is 0.429.